The van der Waals surface area contributed by atoms with Crippen molar-refractivity contribution in [2.45, 2.75) is 6.92 Å². The third-order valence-electron chi connectivity index (χ3n) is 2.16. The van der Waals surface area contributed by atoms with Crippen molar-refractivity contribution >= 4 is 21.6 Å². The first kappa shape index (κ1) is 8.61. The van der Waals surface area contributed by atoms with E-state index in [0.717, 1.165) is 15.2 Å². The Balaban J connectivity index is 2.22. The molecule has 3 aromatic rings. The molecule has 15 heavy (non-hydrogen) atoms. The van der Waals surface area contributed by atoms with Crippen LogP contribution in [0.5, 0.6) is 0 Å². The van der Waals surface area contributed by atoms with Gasteiger partial charge in [-0.05, 0) is 24.6 Å². The first-order valence-corrected chi connectivity index (χ1v) is 5.41. The number of hydrogen-bond donors (Lipinski definition) is 0. The zero-order chi connectivity index (χ0) is 10.3. The van der Waals surface area contributed by atoms with Crippen molar-refractivity contribution in [3.8, 4) is 10.9 Å². The van der Waals surface area contributed by atoms with Gasteiger partial charge in [0, 0.05) is 0 Å². The quantitative estimate of drug-likeness (QED) is 0.626. The minimum absolute atomic E-state index is 0.592. The molecular formula is C11H8N2OS. The van der Waals surface area contributed by atoms with Gasteiger partial charge in [-0.3, -0.25) is 0 Å². The van der Waals surface area contributed by atoms with E-state index < -0.39 is 0 Å². The molecule has 0 aliphatic rings. The van der Waals surface area contributed by atoms with Crippen LogP contribution in [0.2, 0.25) is 0 Å². The second kappa shape index (κ2) is 3.17. The van der Waals surface area contributed by atoms with E-state index in [-0.39, 0.29) is 0 Å². The predicted molar refractivity (Wildman–Crippen MR) is 59.9 cm³/mol. The van der Waals surface area contributed by atoms with Crippen molar-refractivity contribution in [2.75, 3.05) is 0 Å². The van der Waals surface area contributed by atoms with Crippen LogP contribution in [0.25, 0.3) is 21.1 Å². The Bertz CT molecular complexity index is 598. The van der Waals surface area contributed by atoms with Crippen molar-refractivity contribution in [3.63, 3.8) is 0 Å². The van der Waals surface area contributed by atoms with Crippen molar-refractivity contribution in [1.82, 2.24) is 9.97 Å². The lowest BCUT2D eigenvalue weighted by Crippen LogP contribution is -1.74. The van der Waals surface area contributed by atoms with E-state index in [9.17, 15) is 0 Å². The fraction of sp³-hybridized carbons (Fsp3) is 0.0909. The summed E-state index contributed by atoms with van der Waals surface area (Å²) in [5.74, 6) is 0.592. The van der Waals surface area contributed by atoms with Crippen LogP contribution < -0.4 is 0 Å². The second-order valence-electron chi connectivity index (χ2n) is 3.33. The molecule has 0 radical (unpaired) electrons. The Labute approximate surface area is 90.4 Å². The maximum atomic E-state index is 5.22. The predicted octanol–water partition coefficient (Wildman–Crippen LogP) is 3.26. The minimum atomic E-state index is 0.592. The number of nitrogens with zero attached hydrogens (tertiary/aromatic N) is 2. The van der Waals surface area contributed by atoms with Crippen molar-refractivity contribution in [1.29, 1.82) is 0 Å². The minimum Gasteiger partial charge on any atom is -0.443 e. The number of benzene rings is 1. The smallest absolute Gasteiger partial charge is 0.255 e. The van der Waals surface area contributed by atoms with Crippen LogP contribution in [0.15, 0.2) is 35.1 Å². The van der Waals surface area contributed by atoms with Gasteiger partial charge in [-0.2, -0.15) is 0 Å². The highest BCUT2D eigenvalue weighted by atomic mass is 32.1. The molecule has 0 amide bonds. The summed E-state index contributed by atoms with van der Waals surface area (Å²) in [6.07, 6.45) is 3.19. The molecular weight excluding hydrogens is 208 g/mol. The van der Waals surface area contributed by atoms with Crippen LogP contribution in [0.4, 0.5) is 0 Å². The molecule has 2 aromatic heterocycles. The number of aryl methyl sites for hydroxylation is 1. The maximum absolute atomic E-state index is 5.22. The highest BCUT2D eigenvalue weighted by Gasteiger charge is 2.09. The fourth-order valence-electron chi connectivity index (χ4n) is 1.46. The van der Waals surface area contributed by atoms with Crippen LogP contribution in [-0.4, -0.2) is 9.97 Å². The van der Waals surface area contributed by atoms with E-state index in [1.54, 1.807) is 23.8 Å². The van der Waals surface area contributed by atoms with Gasteiger partial charge in [-0.15, -0.1) is 11.3 Å². The molecule has 0 N–H and O–H groups in total. The van der Waals surface area contributed by atoms with Gasteiger partial charge in [0.1, 0.15) is 6.26 Å². The zero-order valence-electron chi connectivity index (χ0n) is 8.10. The van der Waals surface area contributed by atoms with E-state index in [1.807, 2.05) is 0 Å². The van der Waals surface area contributed by atoms with Gasteiger partial charge >= 0.3 is 0 Å². The lowest BCUT2D eigenvalue weighted by molar-refractivity contribution is 0.574. The monoisotopic (exact) mass is 216 g/mol. The van der Waals surface area contributed by atoms with Crippen LogP contribution in [0.3, 0.4) is 0 Å². The molecule has 0 saturated heterocycles. The summed E-state index contributed by atoms with van der Waals surface area (Å²) in [5.41, 5.74) is 2.22. The highest BCUT2D eigenvalue weighted by molar-refractivity contribution is 7.21. The Kier molecular flexibility index (Phi) is 1.82. The van der Waals surface area contributed by atoms with Crippen molar-refractivity contribution in [2.24, 2.45) is 0 Å². The first-order chi connectivity index (χ1) is 7.33. The summed E-state index contributed by atoms with van der Waals surface area (Å²) in [5, 5.41) is 0.834. The largest absolute Gasteiger partial charge is 0.443 e. The number of hydrogen-bond acceptors (Lipinski definition) is 4. The Hall–Kier alpha value is -1.68. The van der Waals surface area contributed by atoms with Gasteiger partial charge in [0.25, 0.3) is 5.89 Å². The molecule has 3 rings (SSSR count). The van der Waals surface area contributed by atoms with E-state index in [4.69, 9.17) is 4.42 Å². The summed E-state index contributed by atoms with van der Waals surface area (Å²) < 4.78 is 6.38. The lowest BCUT2D eigenvalue weighted by Gasteiger charge is -1.88. The van der Waals surface area contributed by atoms with Gasteiger partial charge in [-0.25, -0.2) is 9.97 Å². The van der Waals surface area contributed by atoms with Crippen LogP contribution in [-0.2, 0) is 0 Å². The SMILES string of the molecule is Cc1ccc2sc(-c3ncco3)nc2c1. The lowest BCUT2D eigenvalue weighted by atomic mass is 10.2. The molecule has 0 spiro atoms. The highest BCUT2D eigenvalue weighted by Crippen LogP contribution is 2.29. The molecule has 0 aliphatic carbocycles. The number of aromatic nitrogens is 2. The van der Waals surface area contributed by atoms with E-state index >= 15 is 0 Å². The molecule has 0 saturated carbocycles. The molecule has 1 aromatic carbocycles. The Morgan fingerprint density at radius 1 is 1.33 bits per heavy atom. The molecule has 0 fully saturated rings. The van der Waals surface area contributed by atoms with Crippen molar-refractivity contribution in [3.05, 3.63) is 36.2 Å². The third-order valence-corrected chi connectivity index (χ3v) is 3.18. The molecule has 3 nitrogen and oxygen atoms in total. The van der Waals surface area contributed by atoms with E-state index in [1.165, 1.54) is 5.56 Å². The summed E-state index contributed by atoms with van der Waals surface area (Å²) in [4.78, 5) is 8.56. The van der Waals surface area contributed by atoms with Gasteiger partial charge in [0.05, 0.1) is 16.4 Å². The molecule has 0 aliphatic heterocycles. The maximum Gasteiger partial charge on any atom is 0.255 e. The number of rotatable bonds is 1. The molecule has 0 bridgehead atoms. The van der Waals surface area contributed by atoms with E-state index in [0.29, 0.717) is 5.89 Å². The molecule has 0 unspecified atom stereocenters. The third kappa shape index (κ3) is 1.43. The average Bonchev–Trinajstić information content (AvgIpc) is 2.84. The van der Waals surface area contributed by atoms with Gasteiger partial charge in [0.15, 0.2) is 5.01 Å². The Morgan fingerprint density at radius 3 is 3.07 bits per heavy atom. The molecule has 2 heterocycles. The molecule has 0 atom stereocenters. The molecule has 4 heteroatoms. The average molecular weight is 216 g/mol. The second-order valence-corrected chi connectivity index (χ2v) is 4.36. The summed E-state index contributed by atoms with van der Waals surface area (Å²) in [6, 6.07) is 6.23. The van der Waals surface area contributed by atoms with Gasteiger partial charge < -0.3 is 4.42 Å². The first-order valence-electron chi connectivity index (χ1n) is 4.60. The normalized spacial score (nSPS) is 11.0. The van der Waals surface area contributed by atoms with Gasteiger partial charge in [0.2, 0.25) is 0 Å². The van der Waals surface area contributed by atoms with Gasteiger partial charge in [-0.1, -0.05) is 6.07 Å². The zero-order valence-corrected chi connectivity index (χ0v) is 8.91. The van der Waals surface area contributed by atoms with Crippen LogP contribution in [0.1, 0.15) is 5.56 Å². The number of thiazole rings is 1. The summed E-state index contributed by atoms with van der Waals surface area (Å²) >= 11 is 1.60. The molecule has 74 valence electrons. The van der Waals surface area contributed by atoms with Crippen LogP contribution in [0, 0.1) is 6.92 Å². The number of fused-ring (bicyclic) bond motifs is 1. The fourth-order valence-corrected chi connectivity index (χ4v) is 2.34. The summed E-state index contributed by atoms with van der Waals surface area (Å²) in [7, 11) is 0. The summed E-state index contributed by atoms with van der Waals surface area (Å²) in [6.45, 7) is 2.06. The standard InChI is InChI=1S/C11H8N2OS/c1-7-2-3-9-8(6-7)13-11(15-9)10-12-4-5-14-10/h2-6H,1H3. The van der Waals surface area contributed by atoms with Crippen molar-refractivity contribution < 1.29 is 4.42 Å². The Morgan fingerprint density at radius 2 is 2.27 bits per heavy atom. The van der Waals surface area contributed by atoms with Crippen LogP contribution >= 0.6 is 11.3 Å². The topological polar surface area (TPSA) is 38.9 Å². The number of oxazole rings is 1. The van der Waals surface area contributed by atoms with E-state index in [2.05, 4.69) is 35.1 Å².